The zero-order valence-corrected chi connectivity index (χ0v) is 14.2. The predicted molar refractivity (Wildman–Crippen MR) is 95.2 cm³/mol. The molecule has 1 amide bonds. The van der Waals surface area contributed by atoms with E-state index < -0.39 is 0 Å². The molecular formula is C19H23N3O3. The molecule has 0 spiro atoms. The molecule has 1 aliphatic heterocycles. The van der Waals surface area contributed by atoms with Gasteiger partial charge in [-0.25, -0.2) is 4.68 Å². The van der Waals surface area contributed by atoms with E-state index >= 15 is 0 Å². The van der Waals surface area contributed by atoms with Crippen LogP contribution in [0.5, 0.6) is 0 Å². The van der Waals surface area contributed by atoms with E-state index in [2.05, 4.69) is 10.4 Å². The van der Waals surface area contributed by atoms with Crippen LogP contribution in [-0.4, -0.2) is 34.9 Å². The molecule has 3 rings (SSSR count). The van der Waals surface area contributed by atoms with Crippen molar-refractivity contribution in [1.82, 2.24) is 15.1 Å². The molecule has 25 heavy (non-hydrogen) atoms. The summed E-state index contributed by atoms with van der Waals surface area (Å²) in [5.74, 6) is -0.0113. The quantitative estimate of drug-likeness (QED) is 0.836. The summed E-state index contributed by atoms with van der Waals surface area (Å²) in [5.41, 5.74) is 1.56. The Kier molecular flexibility index (Phi) is 5.95. The second-order valence-electron chi connectivity index (χ2n) is 6.19. The molecule has 1 aromatic carbocycles. The van der Waals surface area contributed by atoms with Gasteiger partial charge in [-0.2, -0.15) is 5.10 Å². The van der Waals surface area contributed by atoms with Crippen molar-refractivity contribution in [3.05, 3.63) is 52.8 Å². The Balaban J connectivity index is 1.50. The highest BCUT2D eigenvalue weighted by molar-refractivity contribution is 5.75. The van der Waals surface area contributed by atoms with Crippen molar-refractivity contribution in [2.45, 2.75) is 38.3 Å². The van der Waals surface area contributed by atoms with E-state index in [9.17, 15) is 9.59 Å². The summed E-state index contributed by atoms with van der Waals surface area (Å²) in [4.78, 5) is 23.9. The lowest BCUT2D eigenvalue weighted by molar-refractivity contribution is -0.121. The van der Waals surface area contributed by atoms with Gasteiger partial charge in [-0.05, 0) is 25.3 Å². The van der Waals surface area contributed by atoms with E-state index in [0.29, 0.717) is 25.9 Å². The lowest BCUT2D eigenvalue weighted by Gasteiger charge is -2.11. The molecule has 2 heterocycles. The van der Waals surface area contributed by atoms with E-state index in [-0.39, 0.29) is 17.6 Å². The Morgan fingerprint density at radius 3 is 2.84 bits per heavy atom. The van der Waals surface area contributed by atoms with Crippen LogP contribution in [0.4, 0.5) is 0 Å². The molecule has 132 valence electrons. The molecule has 0 aliphatic carbocycles. The summed E-state index contributed by atoms with van der Waals surface area (Å²) in [6.07, 6.45) is 3.16. The van der Waals surface area contributed by atoms with Gasteiger partial charge in [-0.3, -0.25) is 9.59 Å². The highest BCUT2D eigenvalue weighted by Gasteiger charge is 2.16. The first-order chi connectivity index (χ1) is 12.2. The predicted octanol–water partition coefficient (Wildman–Crippen LogP) is 1.99. The van der Waals surface area contributed by atoms with Crippen LogP contribution in [0.2, 0.25) is 0 Å². The van der Waals surface area contributed by atoms with E-state index in [1.165, 1.54) is 10.7 Å². The van der Waals surface area contributed by atoms with Crippen LogP contribution in [0.15, 0.2) is 47.3 Å². The van der Waals surface area contributed by atoms with Gasteiger partial charge in [0.05, 0.1) is 11.8 Å². The Bertz CT molecular complexity index is 752. The number of carbonyl (C=O) groups is 1. The van der Waals surface area contributed by atoms with Crippen LogP contribution < -0.4 is 10.9 Å². The second kappa shape index (κ2) is 8.58. The average Bonchev–Trinajstić information content (AvgIpc) is 3.16. The lowest BCUT2D eigenvalue weighted by Crippen LogP contribution is -2.32. The standard InChI is InChI=1S/C19H23N3O3/c23-18(20-14-16-8-5-13-25-16)9-4-12-22-19(24)11-10-17(21-22)15-6-2-1-3-7-15/h1-3,6-7,10-11,16H,4-5,8-9,12-14H2,(H,20,23)/t16-/m1/s1. The Morgan fingerprint density at radius 1 is 1.24 bits per heavy atom. The number of nitrogens with one attached hydrogen (secondary N) is 1. The fraction of sp³-hybridized carbons (Fsp3) is 0.421. The molecule has 0 unspecified atom stereocenters. The number of nitrogens with zero attached hydrogens (tertiary/aromatic N) is 2. The fourth-order valence-electron chi connectivity index (χ4n) is 2.88. The number of hydrogen-bond donors (Lipinski definition) is 1. The minimum atomic E-state index is -0.153. The molecule has 1 saturated heterocycles. The highest BCUT2D eigenvalue weighted by Crippen LogP contribution is 2.14. The van der Waals surface area contributed by atoms with Crippen molar-refractivity contribution < 1.29 is 9.53 Å². The van der Waals surface area contributed by atoms with Crippen molar-refractivity contribution in [3.8, 4) is 11.3 Å². The molecule has 0 bridgehead atoms. The summed E-state index contributed by atoms with van der Waals surface area (Å²) in [6, 6.07) is 13.0. The van der Waals surface area contributed by atoms with Crippen molar-refractivity contribution in [3.63, 3.8) is 0 Å². The molecule has 1 fully saturated rings. The molecule has 6 heteroatoms. The van der Waals surface area contributed by atoms with Gasteiger partial charge in [0.1, 0.15) is 0 Å². The molecule has 0 saturated carbocycles. The first kappa shape index (κ1) is 17.4. The number of aryl methyl sites for hydroxylation is 1. The van der Waals surface area contributed by atoms with Crippen LogP contribution in [0.3, 0.4) is 0 Å². The average molecular weight is 341 g/mol. The lowest BCUT2D eigenvalue weighted by atomic mass is 10.1. The number of amides is 1. The summed E-state index contributed by atoms with van der Waals surface area (Å²) in [7, 11) is 0. The van der Waals surface area contributed by atoms with Crippen LogP contribution in [-0.2, 0) is 16.1 Å². The van der Waals surface area contributed by atoms with Crippen LogP contribution in [0.1, 0.15) is 25.7 Å². The Labute approximate surface area is 146 Å². The van der Waals surface area contributed by atoms with Gasteiger partial charge < -0.3 is 10.1 Å². The SMILES string of the molecule is O=C(CCCn1nc(-c2ccccc2)ccc1=O)NC[C@H]1CCCO1. The first-order valence-electron chi connectivity index (χ1n) is 8.74. The Morgan fingerprint density at radius 2 is 2.08 bits per heavy atom. The molecule has 1 N–H and O–H groups in total. The first-order valence-corrected chi connectivity index (χ1v) is 8.74. The molecule has 1 aromatic heterocycles. The Hall–Kier alpha value is -2.47. The van der Waals surface area contributed by atoms with E-state index in [1.807, 2.05) is 30.3 Å². The number of hydrogen-bond acceptors (Lipinski definition) is 4. The maximum absolute atomic E-state index is 12.0. The number of aromatic nitrogens is 2. The van der Waals surface area contributed by atoms with Gasteiger partial charge in [0.25, 0.3) is 5.56 Å². The maximum Gasteiger partial charge on any atom is 0.266 e. The van der Waals surface area contributed by atoms with Crippen molar-refractivity contribution >= 4 is 5.91 Å². The minimum Gasteiger partial charge on any atom is -0.376 e. The van der Waals surface area contributed by atoms with Crippen LogP contribution in [0.25, 0.3) is 11.3 Å². The van der Waals surface area contributed by atoms with E-state index in [1.54, 1.807) is 6.07 Å². The third kappa shape index (κ3) is 5.00. The number of rotatable bonds is 7. The third-order valence-corrected chi connectivity index (χ3v) is 4.26. The summed E-state index contributed by atoms with van der Waals surface area (Å²) in [6.45, 7) is 1.78. The van der Waals surface area contributed by atoms with Gasteiger partial charge in [-0.1, -0.05) is 30.3 Å². The zero-order valence-electron chi connectivity index (χ0n) is 14.2. The van der Waals surface area contributed by atoms with E-state index in [0.717, 1.165) is 30.7 Å². The van der Waals surface area contributed by atoms with Gasteiger partial charge in [0.15, 0.2) is 0 Å². The largest absolute Gasteiger partial charge is 0.376 e. The summed E-state index contributed by atoms with van der Waals surface area (Å²) < 4.78 is 6.90. The molecular weight excluding hydrogens is 318 g/mol. The van der Waals surface area contributed by atoms with Crippen molar-refractivity contribution in [2.75, 3.05) is 13.2 Å². The monoisotopic (exact) mass is 341 g/mol. The molecule has 1 aliphatic rings. The topological polar surface area (TPSA) is 73.2 Å². The normalized spacial score (nSPS) is 16.7. The van der Waals surface area contributed by atoms with Gasteiger partial charge in [0, 0.05) is 37.7 Å². The van der Waals surface area contributed by atoms with Gasteiger partial charge in [-0.15, -0.1) is 0 Å². The van der Waals surface area contributed by atoms with Crippen molar-refractivity contribution in [1.29, 1.82) is 0 Å². The number of ether oxygens (including phenoxy) is 1. The summed E-state index contributed by atoms with van der Waals surface area (Å²) >= 11 is 0. The van der Waals surface area contributed by atoms with Gasteiger partial charge in [0.2, 0.25) is 5.91 Å². The summed E-state index contributed by atoms with van der Waals surface area (Å²) in [5, 5.41) is 7.29. The third-order valence-electron chi connectivity index (χ3n) is 4.26. The smallest absolute Gasteiger partial charge is 0.266 e. The second-order valence-corrected chi connectivity index (χ2v) is 6.19. The number of benzene rings is 1. The van der Waals surface area contributed by atoms with E-state index in [4.69, 9.17) is 4.74 Å². The molecule has 1 atom stereocenters. The molecule has 0 radical (unpaired) electrons. The minimum absolute atomic E-state index is 0.0113. The molecule has 2 aromatic rings. The maximum atomic E-state index is 12.0. The highest BCUT2D eigenvalue weighted by atomic mass is 16.5. The van der Waals surface area contributed by atoms with Crippen molar-refractivity contribution in [2.24, 2.45) is 0 Å². The zero-order chi connectivity index (χ0) is 17.5. The fourth-order valence-corrected chi connectivity index (χ4v) is 2.88. The van der Waals surface area contributed by atoms with Gasteiger partial charge >= 0.3 is 0 Å². The molecule has 6 nitrogen and oxygen atoms in total. The van der Waals surface area contributed by atoms with Crippen LogP contribution in [0, 0.1) is 0 Å². The van der Waals surface area contributed by atoms with Crippen LogP contribution >= 0.6 is 0 Å². The number of carbonyl (C=O) groups excluding carboxylic acids is 1.